The summed E-state index contributed by atoms with van der Waals surface area (Å²) in [5.74, 6) is 0.0707. The molecule has 0 unspecified atom stereocenters. The van der Waals surface area contributed by atoms with Gasteiger partial charge in [0.2, 0.25) is 5.91 Å². The number of fused-ring (bicyclic) bond motifs is 1. The van der Waals surface area contributed by atoms with Crippen molar-refractivity contribution in [2.45, 2.75) is 6.54 Å². The van der Waals surface area contributed by atoms with Crippen LogP contribution in [0.5, 0.6) is 0 Å². The number of piperazine rings is 1. The Labute approximate surface area is 150 Å². The van der Waals surface area contributed by atoms with Crippen LogP contribution in [-0.2, 0) is 11.3 Å². The summed E-state index contributed by atoms with van der Waals surface area (Å²) in [5, 5.41) is 8.93. The highest BCUT2D eigenvalue weighted by Gasteiger charge is 2.22. The van der Waals surface area contributed by atoms with Gasteiger partial charge in [0.25, 0.3) is 0 Å². The van der Waals surface area contributed by atoms with Crippen LogP contribution in [0.1, 0.15) is 0 Å². The summed E-state index contributed by atoms with van der Waals surface area (Å²) in [5.41, 5.74) is 2.79. The van der Waals surface area contributed by atoms with Crippen molar-refractivity contribution in [1.29, 1.82) is 0 Å². The Morgan fingerprint density at radius 1 is 1.04 bits per heavy atom. The van der Waals surface area contributed by atoms with Crippen molar-refractivity contribution in [2.75, 3.05) is 31.1 Å². The quantitative estimate of drug-likeness (QED) is 0.724. The van der Waals surface area contributed by atoms with Crippen LogP contribution >= 0.6 is 11.6 Å². The molecule has 0 saturated carbocycles. The first-order valence-electron chi connectivity index (χ1n) is 8.27. The molecule has 3 aromatic rings. The fourth-order valence-corrected chi connectivity index (χ4v) is 3.33. The van der Waals surface area contributed by atoms with Crippen LogP contribution in [-0.4, -0.2) is 52.0 Å². The fraction of sp³-hybridized carbons (Fsp3) is 0.278. The number of rotatable bonds is 3. The highest BCUT2D eigenvalue weighted by molar-refractivity contribution is 6.30. The molecule has 0 atom stereocenters. The highest BCUT2D eigenvalue weighted by atomic mass is 35.5. The van der Waals surface area contributed by atoms with Crippen molar-refractivity contribution in [3.8, 4) is 0 Å². The maximum Gasteiger partial charge on any atom is 0.244 e. The van der Waals surface area contributed by atoms with Crippen LogP contribution in [0.3, 0.4) is 0 Å². The van der Waals surface area contributed by atoms with E-state index in [0.717, 1.165) is 34.8 Å². The lowest BCUT2D eigenvalue weighted by Crippen LogP contribution is -2.49. The third-order valence-corrected chi connectivity index (χ3v) is 4.75. The standard InChI is InChI=1S/C18H18ClN5O/c19-14-4-3-5-15(12-14)22-8-10-23(11-9-22)18(25)13-24-17-7-2-1-6-16(17)20-21-24/h1-7,12H,8-11,13H2. The summed E-state index contributed by atoms with van der Waals surface area (Å²) in [4.78, 5) is 16.7. The topological polar surface area (TPSA) is 54.3 Å². The van der Waals surface area contributed by atoms with Crippen molar-refractivity contribution in [3.63, 3.8) is 0 Å². The Balaban J connectivity index is 1.40. The number of halogens is 1. The Kier molecular flexibility index (Phi) is 4.28. The zero-order valence-corrected chi connectivity index (χ0v) is 14.4. The van der Waals surface area contributed by atoms with Crippen molar-refractivity contribution < 1.29 is 4.79 Å². The number of amides is 1. The van der Waals surface area contributed by atoms with Gasteiger partial charge in [-0.1, -0.05) is 35.0 Å². The molecular formula is C18H18ClN5O. The predicted molar refractivity (Wildman–Crippen MR) is 97.8 cm³/mol. The number of nitrogens with zero attached hydrogens (tertiary/aromatic N) is 5. The molecule has 1 aliphatic heterocycles. The number of anilines is 1. The first-order chi connectivity index (χ1) is 12.2. The zero-order chi connectivity index (χ0) is 17.2. The SMILES string of the molecule is O=C(Cn1nnc2ccccc21)N1CCN(c2cccc(Cl)c2)CC1. The summed E-state index contributed by atoms with van der Waals surface area (Å²) < 4.78 is 1.67. The van der Waals surface area contributed by atoms with Gasteiger partial charge < -0.3 is 9.80 Å². The normalized spacial score (nSPS) is 14.9. The number of benzene rings is 2. The van der Waals surface area contributed by atoms with Crippen LogP contribution in [0.25, 0.3) is 11.0 Å². The fourth-order valence-electron chi connectivity index (χ4n) is 3.15. The summed E-state index contributed by atoms with van der Waals surface area (Å²) in [6.07, 6.45) is 0. The molecule has 6 nitrogen and oxygen atoms in total. The minimum absolute atomic E-state index is 0.0707. The van der Waals surface area contributed by atoms with E-state index in [4.69, 9.17) is 11.6 Å². The van der Waals surface area contributed by atoms with Gasteiger partial charge in [-0.05, 0) is 30.3 Å². The minimum atomic E-state index is 0.0707. The highest BCUT2D eigenvalue weighted by Crippen LogP contribution is 2.21. The average molecular weight is 356 g/mol. The van der Waals surface area contributed by atoms with E-state index in [-0.39, 0.29) is 12.5 Å². The molecule has 7 heteroatoms. The lowest BCUT2D eigenvalue weighted by molar-refractivity contribution is -0.132. The van der Waals surface area contributed by atoms with E-state index in [1.54, 1.807) is 4.68 Å². The molecule has 1 fully saturated rings. The molecule has 128 valence electrons. The smallest absolute Gasteiger partial charge is 0.244 e. The zero-order valence-electron chi connectivity index (χ0n) is 13.7. The number of para-hydroxylation sites is 1. The van der Waals surface area contributed by atoms with Gasteiger partial charge in [0.05, 0.1) is 5.52 Å². The summed E-state index contributed by atoms with van der Waals surface area (Å²) in [6, 6.07) is 15.5. The minimum Gasteiger partial charge on any atom is -0.368 e. The molecular weight excluding hydrogens is 338 g/mol. The van der Waals surface area contributed by atoms with E-state index in [0.29, 0.717) is 13.1 Å². The van der Waals surface area contributed by atoms with Gasteiger partial charge in [-0.3, -0.25) is 4.79 Å². The Hall–Kier alpha value is -2.60. The number of carbonyl (C=O) groups excluding carboxylic acids is 1. The Bertz CT molecular complexity index is 901. The van der Waals surface area contributed by atoms with Crippen LogP contribution in [0.2, 0.25) is 5.02 Å². The monoisotopic (exact) mass is 355 g/mol. The molecule has 0 N–H and O–H groups in total. The van der Waals surface area contributed by atoms with E-state index in [1.165, 1.54) is 0 Å². The lowest BCUT2D eigenvalue weighted by Gasteiger charge is -2.36. The summed E-state index contributed by atoms with van der Waals surface area (Å²) in [7, 11) is 0. The molecule has 1 saturated heterocycles. The molecule has 0 aliphatic carbocycles. The van der Waals surface area contributed by atoms with Gasteiger partial charge in [0.1, 0.15) is 12.1 Å². The second-order valence-corrected chi connectivity index (χ2v) is 6.52. The first-order valence-corrected chi connectivity index (χ1v) is 8.65. The summed E-state index contributed by atoms with van der Waals surface area (Å²) >= 11 is 6.06. The van der Waals surface area contributed by atoms with Gasteiger partial charge in [-0.15, -0.1) is 5.10 Å². The van der Waals surface area contributed by atoms with E-state index in [2.05, 4.69) is 15.2 Å². The number of hydrogen-bond acceptors (Lipinski definition) is 4. The maximum absolute atomic E-state index is 12.6. The summed E-state index contributed by atoms with van der Waals surface area (Å²) in [6.45, 7) is 3.20. The van der Waals surface area contributed by atoms with Crippen LogP contribution in [0, 0.1) is 0 Å². The Morgan fingerprint density at radius 2 is 1.84 bits per heavy atom. The third-order valence-electron chi connectivity index (χ3n) is 4.51. The van der Waals surface area contributed by atoms with Gasteiger partial charge in [-0.25, -0.2) is 4.68 Å². The maximum atomic E-state index is 12.6. The van der Waals surface area contributed by atoms with Crippen molar-refractivity contribution in [3.05, 3.63) is 53.6 Å². The average Bonchev–Trinajstić information content (AvgIpc) is 3.05. The van der Waals surface area contributed by atoms with Crippen molar-refractivity contribution in [1.82, 2.24) is 19.9 Å². The predicted octanol–water partition coefficient (Wildman–Crippen LogP) is 2.43. The third kappa shape index (κ3) is 3.30. The molecule has 4 rings (SSSR count). The van der Waals surface area contributed by atoms with E-state index >= 15 is 0 Å². The van der Waals surface area contributed by atoms with Crippen LogP contribution in [0.15, 0.2) is 48.5 Å². The molecule has 1 amide bonds. The van der Waals surface area contributed by atoms with Crippen LogP contribution < -0.4 is 4.90 Å². The van der Waals surface area contributed by atoms with Crippen LogP contribution in [0.4, 0.5) is 5.69 Å². The molecule has 0 radical (unpaired) electrons. The van der Waals surface area contributed by atoms with Gasteiger partial charge in [0, 0.05) is 36.9 Å². The van der Waals surface area contributed by atoms with Gasteiger partial charge in [-0.2, -0.15) is 0 Å². The molecule has 2 aromatic carbocycles. The molecule has 0 spiro atoms. The molecule has 0 bridgehead atoms. The second kappa shape index (κ2) is 6.72. The van der Waals surface area contributed by atoms with Gasteiger partial charge in [0.15, 0.2) is 0 Å². The van der Waals surface area contributed by atoms with Gasteiger partial charge >= 0.3 is 0 Å². The van der Waals surface area contributed by atoms with E-state index in [1.807, 2.05) is 53.4 Å². The Morgan fingerprint density at radius 3 is 2.64 bits per heavy atom. The van der Waals surface area contributed by atoms with Crippen molar-refractivity contribution in [2.24, 2.45) is 0 Å². The largest absolute Gasteiger partial charge is 0.368 e. The lowest BCUT2D eigenvalue weighted by atomic mass is 10.2. The molecule has 1 aromatic heterocycles. The second-order valence-electron chi connectivity index (χ2n) is 6.08. The van der Waals surface area contributed by atoms with E-state index < -0.39 is 0 Å². The molecule has 1 aliphatic rings. The number of carbonyl (C=O) groups is 1. The molecule has 2 heterocycles. The van der Waals surface area contributed by atoms with Crippen molar-refractivity contribution >= 4 is 34.2 Å². The van der Waals surface area contributed by atoms with E-state index in [9.17, 15) is 4.79 Å². The number of hydrogen-bond donors (Lipinski definition) is 0. The molecule has 25 heavy (non-hydrogen) atoms. The first kappa shape index (κ1) is 15.9. The number of aromatic nitrogens is 3.